The van der Waals surface area contributed by atoms with Crippen molar-refractivity contribution >= 4 is 17.4 Å². The largest absolute Gasteiger partial charge is 0.369 e. The molecule has 1 fully saturated rings. The van der Waals surface area contributed by atoms with E-state index >= 15 is 0 Å². The van der Waals surface area contributed by atoms with Crippen LogP contribution in [0.25, 0.3) is 0 Å². The van der Waals surface area contributed by atoms with E-state index in [2.05, 4.69) is 27.2 Å². The maximum Gasteiger partial charge on any atom is 0.137 e. The van der Waals surface area contributed by atoms with E-state index in [9.17, 15) is 0 Å². The van der Waals surface area contributed by atoms with E-state index in [0.29, 0.717) is 11.1 Å². The molecule has 0 aliphatic carbocycles. The third-order valence-corrected chi connectivity index (χ3v) is 3.86. The van der Waals surface area contributed by atoms with Crippen molar-refractivity contribution in [2.75, 3.05) is 32.0 Å². The number of halogens is 1. The Kier molecular flexibility index (Phi) is 4.40. The highest BCUT2D eigenvalue weighted by atomic mass is 35.5. The number of nitrogens with zero attached hydrogens (tertiary/aromatic N) is 3. The van der Waals surface area contributed by atoms with E-state index in [1.54, 1.807) is 0 Å². The van der Waals surface area contributed by atoms with Crippen molar-refractivity contribution < 1.29 is 0 Å². The van der Waals surface area contributed by atoms with Crippen LogP contribution in [0, 0.1) is 12.8 Å². The fraction of sp³-hybridized carbons (Fsp3) is 0.692. The van der Waals surface area contributed by atoms with Crippen molar-refractivity contribution in [1.82, 2.24) is 14.9 Å². The first-order valence-corrected chi connectivity index (χ1v) is 6.93. The summed E-state index contributed by atoms with van der Waals surface area (Å²) in [6, 6.07) is 0. The lowest BCUT2D eigenvalue weighted by Crippen LogP contribution is -2.20. The average molecular weight is 269 g/mol. The lowest BCUT2D eigenvalue weighted by molar-refractivity contribution is 0.399. The molecule has 1 aliphatic rings. The van der Waals surface area contributed by atoms with Crippen LogP contribution in [0.3, 0.4) is 0 Å². The molecule has 2 rings (SSSR count). The fourth-order valence-corrected chi connectivity index (χ4v) is 2.48. The number of anilines is 1. The molecule has 5 heteroatoms. The zero-order valence-electron chi connectivity index (χ0n) is 11.3. The smallest absolute Gasteiger partial charge is 0.137 e. The number of hydrogen-bond donors (Lipinski definition) is 1. The van der Waals surface area contributed by atoms with Gasteiger partial charge in [0, 0.05) is 25.1 Å². The molecule has 1 N–H and O–H groups in total. The third-order valence-electron chi connectivity index (χ3n) is 3.50. The van der Waals surface area contributed by atoms with Gasteiger partial charge in [-0.15, -0.1) is 0 Å². The normalized spacial score (nSPS) is 20.3. The van der Waals surface area contributed by atoms with Crippen molar-refractivity contribution in [3.8, 4) is 0 Å². The van der Waals surface area contributed by atoms with Crippen LogP contribution in [0.4, 0.5) is 5.82 Å². The van der Waals surface area contributed by atoms with Crippen LogP contribution in [0.1, 0.15) is 24.7 Å². The summed E-state index contributed by atoms with van der Waals surface area (Å²) in [4.78, 5) is 11.1. The van der Waals surface area contributed by atoms with Gasteiger partial charge < -0.3 is 10.2 Å². The van der Waals surface area contributed by atoms with Crippen molar-refractivity contribution in [1.29, 1.82) is 0 Å². The summed E-state index contributed by atoms with van der Waals surface area (Å²) >= 11 is 6.12. The van der Waals surface area contributed by atoms with Crippen LogP contribution in [0.2, 0.25) is 5.15 Å². The highest BCUT2D eigenvalue weighted by Crippen LogP contribution is 2.21. The van der Waals surface area contributed by atoms with Gasteiger partial charge in [-0.3, -0.25) is 0 Å². The van der Waals surface area contributed by atoms with Crippen LogP contribution in [0.15, 0.2) is 0 Å². The van der Waals surface area contributed by atoms with Crippen LogP contribution in [-0.2, 0) is 6.42 Å². The first kappa shape index (κ1) is 13.6. The molecule has 1 unspecified atom stereocenters. The Balaban J connectivity index is 2.02. The van der Waals surface area contributed by atoms with Crippen molar-refractivity contribution in [2.24, 2.45) is 5.92 Å². The Morgan fingerprint density at radius 2 is 2.22 bits per heavy atom. The Morgan fingerprint density at radius 1 is 1.44 bits per heavy atom. The number of rotatable bonds is 4. The number of likely N-dealkylation sites (tertiary alicyclic amines) is 1. The first-order valence-electron chi connectivity index (χ1n) is 6.55. The van der Waals surface area contributed by atoms with E-state index in [4.69, 9.17) is 11.6 Å². The fourth-order valence-electron chi connectivity index (χ4n) is 2.30. The van der Waals surface area contributed by atoms with Gasteiger partial charge >= 0.3 is 0 Å². The standard InChI is InChI=1S/C13H21ClN4/c1-4-11-16-12(14)9(2)13(17-11)15-7-10-5-6-18(3)8-10/h10H,4-8H2,1-3H3,(H,15,16,17). The zero-order valence-corrected chi connectivity index (χ0v) is 12.1. The van der Waals surface area contributed by atoms with Crippen LogP contribution >= 0.6 is 11.6 Å². The van der Waals surface area contributed by atoms with E-state index in [0.717, 1.165) is 36.7 Å². The molecule has 100 valence electrons. The minimum absolute atomic E-state index is 0.563. The summed E-state index contributed by atoms with van der Waals surface area (Å²) in [7, 11) is 2.17. The van der Waals surface area contributed by atoms with Gasteiger partial charge in [-0.1, -0.05) is 18.5 Å². The molecule has 1 aliphatic heterocycles. The van der Waals surface area contributed by atoms with Gasteiger partial charge in [0.15, 0.2) is 0 Å². The van der Waals surface area contributed by atoms with Gasteiger partial charge in [0.05, 0.1) is 0 Å². The molecule has 0 amide bonds. The van der Waals surface area contributed by atoms with Gasteiger partial charge in [-0.05, 0) is 32.9 Å². The number of aromatic nitrogens is 2. The summed E-state index contributed by atoms with van der Waals surface area (Å²) in [5.41, 5.74) is 0.945. The number of nitrogens with one attached hydrogen (secondary N) is 1. The highest BCUT2D eigenvalue weighted by molar-refractivity contribution is 6.30. The summed E-state index contributed by atoms with van der Waals surface area (Å²) in [5.74, 6) is 2.39. The molecule has 0 aromatic carbocycles. The summed E-state index contributed by atoms with van der Waals surface area (Å²) in [6.07, 6.45) is 2.06. The third kappa shape index (κ3) is 3.12. The molecule has 1 aromatic rings. The Bertz CT molecular complexity index is 422. The molecular formula is C13H21ClN4. The van der Waals surface area contributed by atoms with Crippen LogP contribution in [-0.4, -0.2) is 41.5 Å². The van der Waals surface area contributed by atoms with Crippen molar-refractivity contribution in [2.45, 2.75) is 26.7 Å². The lowest BCUT2D eigenvalue weighted by atomic mass is 10.1. The Morgan fingerprint density at radius 3 is 2.83 bits per heavy atom. The molecule has 1 aromatic heterocycles. The van der Waals surface area contributed by atoms with E-state index in [-0.39, 0.29) is 0 Å². The monoisotopic (exact) mass is 268 g/mol. The Hall–Kier alpha value is -0.870. The molecule has 4 nitrogen and oxygen atoms in total. The average Bonchev–Trinajstić information content (AvgIpc) is 2.77. The second-order valence-corrected chi connectivity index (χ2v) is 5.41. The van der Waals surface area contributed by atoms with E-state index in [1.165, 1.54) is 13.0 Å². The second-order valence-electron chi connectivity index (χ2n) is 5.06. The quantitative estimate of drug-likeness (QED) is 0.852. The predicted octanol–water partition coefficient (Wildman–Crippen LogP) is 2.36. The summed E-state index contributed by atoms with van der Waals surface area (Å²) in [5, 5.41) is 3.99. The van der Waals surface area contributed by atoms with Crippen LogP contribution in [0.5, 0.6) is 0 Å². The molecule has 2 heterocycles. The molecular weight excluding hydrogens is 248 g/mol. The number of hydrogen-bond acceptors (Lipinski definition) is 4. The van der Waals surface area contributed by atoms with Gasteiger partial charge in [-0.2, -0.15) is 0 Å². The summed E-state index contributed by atoms with van der Waals surface area (Å²) in [6.45, 7) is 7.31. The molecule has 0 bridgehead atoms. The first-order chi connectivity index (χ1) is 8.60. The molecule has 18 heavy (non-hydrogen) atoms. The molecule has 1 saturated heterocycles. The van der Waals surface area contributed by atoms with Gasteiger partial charge in [0.25, 0.3) is 0 Å². The van der Waals surface area contributed by atoms with Gasteiger partial charge in [0.2, 0.25) is 0 Å². The number of aryl methyl sites for hydroxylation is 1. The van der Waals surface area contributed by atoms with Crippen molar-refractivity contribution in [3.63, 3.8) is 0 Å². The van der Waals surface area contributed by atoms with E-state index < -0.39 is 0 Å². The SMILES string of the molecule is CCc1nc(Cl)c(C)c(NCC2CCN(C)C2)n1. The molecule has 0 saturated carbocycles. The molecule has 0 spiro atoms. The maximum atomic E-state index is 6.12. The van der Waals surface area contributed by atoms with Gasteiger partial charge in [0.1, 0.15) is 16.8 Å². The van der Waals surface area contributed by atoms with Crippen molar-refractivity contribution in [3.05, 3.63) is 16.5 Å². The second kappa shape index (κ2) is 5.85. The minimum atomic E-state index is 0.563. The van der Waals surface area contributed by atoms with Crippen LogP contribution < -0.4 is 5.32 Å². The van der Waals surface area contributed by atoms with E-state index in [1.807, 2.05) is 13.8 Å². The predicted molar refractivity (Wildman–Crippen MR) is 75.3 cm³/mol. The maximum absolute atomic E-state index is 6.12. The molecule has 1 atom stereocenters. The van der Waals surface area contributed by atoms with Gasteiger partial charge in [-0.25, -0.2) is 9.97 Å². The zero-order chi connectivity index (χ0) is 13.1. The Labute approximate surface area is 114 Å². The topological polar surface area (TPSA) is 41.1 Å². The lowest BCUT2D eigenvalue weighted by Gasteiger charge is -2.14. The highest BCUT2D eigenvalue weighted by Gasteiger charge is 2.19. The minimum Gasteiger partial charge on any atom is -0.369 e. The molecule has 0 radical (unpaired) electrons. The summed E-state index contributed by atoms with van der Waals surface area (Å²) < 4.78 is 0.